The summed E-state index contributed by atoms with van der Waals surface area (Å²) < 4.78 is 35.1. The van der Waals surface area contributed by atoms with E-state index in [2.05, 4.69) is 0 Å². The molecule has 0 atom stereocenters. The molecule has 0 aliphatic heterocycles. The summed E-state index contributed by atoms with van der Waals surface area (Å²) in [6, 6.07) is 12.0. The van der Waals surface area contributed by atoms with Crippen LogP contribution in [0.4, 0.5) is 4.39 Å². The molecule has 0 N–H and O–H groups in total. The van der Waals surface area contributed by atoms with E-state index in [1.807, 2.05) is 37.3 Å². The SMILES string of the molecule is CC=Cc1ccc(OCCOCCOc2ccccc2F)c(OC)c1. The van der Waals surface area contributed by atoms with Crippen LogP contribution in [0.15, 0.2) is 48.5 Å². The zero-order valence-corrected chi connectivity index (χ0v) is 14.5. The first-order valence-corrected chi connectivity index (χ1v) is 8.13. The van der Waals surface area contributed by atoms with Gasteiger partial charge in [0, 0.05) is 0 Å². The summed E-state index contributed by atoms with van der Waals surface area (Å²) in [5.41, 5.74) is 1.05. The number of hydrogen-bond acceptors (Lipinski definition) is 4. The first-order chi connectivity index (χ1) is 12.2. The van der Waals surface area contributed by atoms with E-state index in [9.17, 15) is 4.39 Å². The average molecular weight is 346 g/mol. The number of halogens is 1. The number of hydrogen-bond donors (Lipinski definition) is 0. The lowest BCUT2D eigenvalue weighted by Crippen LogP contribution is -2.12. The van der Waals surface area contributed by atoms with E-state index >= 15 is 0 Å². The summed E-state index contributed by atoms with van der Waals surface area (Å²) in [6.45, 7) is 3.39. The van der Waals surface area contributed by atoms with Gasteiger partial charge in [0.15, 0.2) is 23.1 Å². The van der Waals surface area contributed by atoms with Gasteiger partial charge in [0.05, 0.1) is 20.3 Å². The maximum atomic E-state index is 13.4. The molecule has 0 spiro atoms. The molecule has 0 aromatic heterocycles. The van der Waals surface area contributed by atoms with Crippen LogP contribution in [0, 0.1) is 5.82 Å². The van der Waals surface area contributed by atoms with Crippen molar-refractivity contribution in [3.05, 3.63) is 59.9 Å². The van der Waals surface area contributed by atoms with Gasteiger partial charge in [-0.1, -0.05) is 30.4 Å². The summed E-state index contributed by atoms with van der Waals surface area (Å²) in [4.78, 5) is 0. The number of benzene rings is 2. The fourth-order valence-electron chi connectivity index (χ4n) is 2.18. The highest BCUT2D eigenvalue weighted by molar-refractivity contribution is 5.55. The van der Waals surface area contributed by atoms with Crippen molar-refractivity contribution < 1.29 is 23.3 Å². The predicted molar refractivity (Wildman–Crippen MR) is 95.9 cm³/mol. The minimum absolute atomic E-state index is 0.230. The molecule has 0 heterocycles. The van der Waals surface area contributed by atoms with Crippen LogP contribution >= 0.6 is 0 Å². The van der Waals surface area contributed by atoms with Gasteiger partial charge in [0.25, 0.3) is 0 Å². The molecule has 25 heavy (non-hydrogen) atoms. The first kappa shape index (κ1) is 18.8. The maximum absolute atomic E-state index is 13.4. The van der Waals surface area contributed by atoms with Crippen LogP contribution < -0.4 is 14.2 Å². The normalized spacial score (nSPS) is 10.8. The second kappa shape index (κ2) is 10.4. The quantitative estimate of drug-likeness (QED) is 0.600. The summed E-state index contributed by atoms with van der Waals surface area (Å²) in [7, 11) is 1.61. The molecule has 0 bridgehead atoms. The summed E-state index contributed by atoms with van der Waals surface area (Å²) >= 11 is 0. The van der Waals surface area contributed by atoms with Gasteiger partial charge in [-0.15, -0.1) is 0 Å². The van der Waals surface area contributed by atoms with Crippen LogP contribution in [-0.4, -0.2) is 33.5 Å². The third-order valence-electron chi connectivity index (χ3n) is 3.35. The molecule has 0 fully saturated rings. The molecule has 2 rings (SSSR count). The molecule has 0 saturated heterocycles. The van der Waals surface area contributed by atoms with Crippen LogP contribution in [-0.2, 0) is 4.74 Å². The molecule has 0 radical (unpaired) electrons. The van der Waals surface area contributed by atoms with E-state index in [0.717, 1.165) is 5.56 Å². The molecule has 134 valence electrons. The van der Waals surface area contributed by atoms with Gasteiger partial charge in [-0.25, -0.2) is 4.39 Å². The Kier molecular flexibility index (Phi) is 7.79. The Balaban J connectivity index is 1.67. The smallest absolute Gasteiger partial charge is 0.165 e. The Labute approximate surface area is 147 Å². The average Bonchev–Trinajstić information content (AvgIpc) is 2.63. The van der Waals surface area contributed by atoms with Crippen molar-refractivity contribution in [3.63, 3.8) is 0 Å². The predicted octanol–water partition coefficient (Wildman–Crippen LogP) is 4.34. The van der Waals surface area contributed by atoms with Gasteiger partial charge >= 0.3 is 0 Å². The third kappa shape index (κ3) is 6.12. The number of ether oxygens (including phenoxy) is 4. The highest BCUT2D eigenvalue weighted by Gasteiger charge is 2.05. The maximum Gasteiger partial charge on any atom is 0.165 e. The molecule has 5 heteroatoms. The summed E-state index contributed by atoms with van der Waals surface area (Å²) in [5, 5.41) is 0. The molecule has 4 nitrogen and oxygen atoms in total. The molecular weight excluding hydrogens is 323 g/mol. The number of para-hydroxylation sites is 1. The monoisotopic (exact) mass is 346 g/mol. The third-order valence-corrected chi connectivity index (χ3v) is 3.35. The van der Waals surface area contributed by atoms with Gasteiger partial charge in [0.2, 0.25) is 0 Å². The highest BCUT2D eigenvalue weighted by atomic mass is 19.1. The lowest BCUT2D eigenvalue weighted by molar-refractivity contribution is 0.0748. The molecule has 0 amide bonds. The van der Waals surface area contributed by atoms with Crippen molar-refractivity contribution >= 4 is 6.08 Å². The summed E-state index contributed by atoms with van der Waals surface area (Å²) in [5.74, 6) is 1.20. The van der Waals surface area contributed by atoms with Crippen molar-refractivity contribution in [1.29, 1.82) is 0 Å². The van der Waals surface area contributed by atoms with E-state index in [4.69, 9.17) is 18.9 Å². The van der Waals surface area contributed by atoms with Gasteiger partial charge in [-0.3, -0.25) is 0 Å². The fraction of sp³-hybridized carbons (Fsp3) is 0.300. The van der Waals surface area contributed by atoms with Crippen molar-refractivity contribution in [2.45, 2.75) is 6.92 Å². The van der Waals surface area contributed by atoms with E-state index in [1.54, 1.807) is 25.3 Å². The minimum atomic E-state index is -0.376. The van der Waals surface area contributed by atoms with E-state index in [0.29, 0.717) is 31.3 Å². The van der Waals surface area contributed by atoms with Gasteiger partial charge in [-0.2, -0.15) is 0 Å². The first-order valence-electron chi connectivity index (χ1n) is 8.13. The van der Waals surface area contributed by atoms with E-state index in [-0.39, 0.29) is 18.2 Å². The van der Waals surface area contributed by atoms with Crippen LogP contribution in [0.1, 0.15) is 12.5 Å². The second-order valence-corrected chi connectivity index (χ2v) is 5.15. The molecule has 2 aromatic carbocycles. The molecule has 0 aliphatic carbocycles. The number of allylic oxidation sites excluding steroid dienone is 1. The highest BCUT2D eigenvalue weighted by Crippen LogP contribution is 2.28. The topological polar surface area (TPSA) is 36.9 Å². The van der Waals surface area contributed by atoms with Crippen molar-refractivity contribution in [1.82, 2.24) is 0 Å². The van der Waals surface area contributed by atoms with Crippen molar-refractivity contribution in [3.8, 4) is 17.2 Å². The molecule has 0 saturated carbocycles. The van der Waals surface area contributed by atoms with Crippen LogP contribution in [0.2, 0.25) is 0 Å². The van der Waals surface area contributed by atoms with E-state index < -0.39 is 0 Å². The lowest BCUT2D eigenvalue weighted by atomic mass is 10.2. The zero-order chi connectivity index (χ0) is 17.9. The van der Waals surface area contributed by atoms with Crippen molar-refractivity contribution in [2.24, 2.45) is 0 Å². The van der Waals surface area contributed by atoms with Crippen LogP contribution in [0.25, 0.3) is 6.08 Å². The summed E-state index contributed by atoms with van der Waals surface area (Å²) in [6.07, 6.45) is 3.96. The van der Waals surface area contributed by atoms with Gasteiger partial charge < -0.3 is 18.9 Å². The minimum Gasteiger partial charge on any atom is -0.493 e. The molecular formula is C20H23FO4. The van der Waals surface area contributed by atoms with Gasteiger partial charge in [-0.05, 0) is 36.8 Å². The Morgan fingerprint density at radius 3 is 2.28 bits per heavy atom. The Hall–Kier alpha value is -2.53. The molecule has 0 aliphatic rings. The van der Waals surface area contributed by atoms with Gasteiger partial charge in [0.1, 0.15) is 13.2 Å². The van der Waals surface area contributed by atoms with Crippen LogP contribution in [0.3, 0.4) is 0 Å². The number of rotatable bonds is 10. The van der Waals surface area contributed by atoms with Crippen molar-refractivity contribution in [2.75, 3.05) is 33.5 Å². The Morgan fingerprint density at radius 2 is 1.60 bits per heavy atom. The zero-order valence-electron chi connectivity index (χ0n) is 14.5. The molecule has 0 unspecified atom stereocenters. The number of methoxy groups -OCH3 is 1. The van der Waals surface area contributed by atoms with E-state index in [1.165, 1.54) is 6.07 Å². The standard InChI is InChI=1S/C20H23FO4/c1-3-6-16-9-10-19(20(15-16)22-2)25-14-12-23-11-13-24-18-8-5-4-7-17(18)21/h3-10,15H,11-14H2,1-2H3. The Bertz CT molecular complexity index is 685. The lowest BCUT2D eigenvalue weighted by Gasteiger charge is -2.12. The fourth-order valence-corrected chi connectivity index (χ4v) is 2.18. The Morgan fingerprint density at radius 1 is 0.880 bits per heavy atom. The largest absolute Gasteiger partial charge is 0.493 e. The molecule has 2 aromatic rings. The van der Waals surface area contributed by atoms with Crippen LogP contribution in [0.5, 0.6) is 17.2 Å². The second-order valence-electron chi connectivity index (χ2n) is 5.15.